The maximum atomic E-state index is 11.0. The monoisotopic (exact) mass is 379 g/mol. The Labute approximate surface area is 144 Å². The van der Waals surface area contributed by atoms with E-state index in [-0.39, 0.29) is 6.04 Å². The van der Waals surface area contributed by atoms with Crippen molar-refractivity contribution < 1.29 is 9.90 Å². The summed E-state index contributed by atoms with van der Waals surface area (Å²) in [6.45, 7) is 4.33. The van der Waals surface area contributed by atoms with Gasteiger partial charge in [-0.05, 0) is 24.5 Å². The van der Waals surface area contributed by atoms with Crippen LogP contribution in [0.25, 0.3) is 11.3 Å². The fourth-order valence-corrected chi connectivity index (χ4v) is 2.87. The molecule has 1 aromatic heterocycles. The number of aromatic nitrogens is 2. The van der Waals surface area contributed by atoms with Gasteiger partial charge in [-0.2, -0.15) is 0 Å². The molecule has 1 unspecified atom stereocenters. The van der Waals surface area contributed by atoms with Gasteiger partial charge in [0.1, 0.15) is 5.82 Å². The van der Waals surface area contributed by atoms with Crippen LogP contribution in [0.2, 0.25) is 0 Å². The van der Waals surface area contributed by atoms with Crippen LogP contribution in [0.15, 0.2) is 34.9 Å². The Bertz CT molecular complexity index is 655. The van der Waals surface area contributed by atoms with Gasteiger partial charge in [0, 0.05) is 10.0 Å². The van der Waals surface area contributed by atoms with Gasteiger partial charge in [0.25, 0.3) is 0 Å². The second-order valence-electron chi connectivity index (χ2n) is 6.02. The highest BCUT2D eigenvalue weighted by molar-refractivity contribution is 9.10. The van der Waals surface area contributed by atoms with E-state index >= 15 is 0 Å². The Morgan fingerprint density at radius 1 is 1.39 bits per heavy atom. The van der Waals surface area contributed by atoms with Crippen molar-refractivity contribution in [1.82, 2.24) is 15.3 Å². The minimum atomic E-state index is -1.03. The highest BCUT2D eigenvalue weighted by Crippen LogP contribution is 2.24. The number of benzene rings is 1. The Hall–Kier alpha value is -1.82. The van der Waals surface area contributed by atoms with Crippen LogP contribution in [-0.2, 0) is 0 Å². The van der Waals surface area contributed by atoms with E-state index in [9.17, 15) is 4.79 Å². The molecule has 6 heteroatoms. The van der Waals surface area contributed by atoms with Crippen LogP contribution < -0.4 is 5.32 Å². The summed E-state index contributed by atoms with van der Waals surface area (Å²) in [7, 11) is 0. The average molecular weight is 380 g/mol. The molecule has 5 nitrogen and oxygen atoms in total. The first-order valence-electron chi connectivity index (χ1n) is 7.76. The maximum absolute atomic E-state index is 11.0. The summed E-state index contributed by atoms with van der Waals surface area (Å²) in [6.07, 6.45) is 3.47. The van der Waals surface area contributed by atoms with Gasteiger partial charge in [-0.25, -0.2) is 9.78 Å². The van der Waals surface area contributed by atoms with Crippen molar-refractivity contribution in [2.24, 2.45) is 5.92 Å². The number of nitrogens with one attached hydrogen (secondary N) is 2. The van der Waals surface area contributed by atoms with Crippen molar-refractivity contribution in [3.63, 3.8) is 0 Å². The largest absolute Gasteiger partial charge is 0.465 e. The van der Waals surface area contributed by atoms with Crippen LogP contribution in [0.4, 0.5) is 4.79 Å². The second kappa shape index (κ2) is 8.15. The molecule has 0 saturated heterocycles. The molecule has 124 valence electrons. The normalized spacial score (nSPS) is 12.3. The summed E-state index contributed by atoms with van der Waals surface area (Å²) in [6, 6.07) is 7.58. The van der Waals surface area contributed by atoms with Crippen molar-refractivity contribution in [3.05, 3.63) is 40.8 Å². The smallest absolute Gasteiger partial charge is 0.405 e. The summed E-state index contributed by atoms with van der Waals surface area (Å²) >= 11 is 3.45. The predicted octanol–water partition coefficient (Wildman–Crippen LogP) is 4.97. The summed E-state index contributed by atoms with van der Waals surface area (Å²) in [5.74, 6) is 1.26. The fourth-order valence-electron chi connectivity index (χ4n) is 2.47. The van der Waals surface area contributed by atoms with Gasteiger partial charge in [-0.3, -0.25) is 0 Å². The third-order valence-corrected chi connectivity index (χ3v) is 4.13. The minimum absolute atomic E-state index is 0.313. The van der Waals surface area contributed by atoms with Crippen LogP contribution in [0, 0.1) is 5.92 Å². The fraction of sp³-hybridized carbons (Fsp3) is 0.412. The van der Waals surface area contributed by atoms with Crippen LogP contribution in [0.3, 0.4) is 0 Å². The molecule has 0 aliphatic heterocycles. The van der Waals surface area contributed by atoms with E-state index < -0.39 is 6.09 Å². The lowest BCUT2D eigenvalue weighted by molar-refractivity contribution is 0.188. The van der Waals surface area contributed by atoms with Crippen LogP contribution >= 0.6 is 15.9 Å². The number of H-pyrrole nitrogens is 1. The maximum Gasteiger partial charge on any atom is 0.405 e. The molecule has 0 saturated carbocycles. The van der Waals surface area contributed by atoms with Crippen molar-refractivity contribution in [2.45, 2.75) is 39.2 Å². The standard InChI is InChI=1S/C17H22BrN3O2/c1-11(2)5-3-8-14(21-17(22)23)16-19-10-15(20-16)12-6-4-7-13(18)9-12/h4,6-7,9-11,14,21H,3,5,8H2,1-2H3,(H,19,20)(H,22,23). The van der Waals surface area contributed by atoms with Gasteiger partial charge in [-0.15, -0.1) is 0 Å². The number of rotatable bonds is 7. The molecule has 1 amide bonds. The minimum Gasteiger partial charge on any atom is -0.465 e. The number of carboxylic acid groups (broad SMARTS) is 1. The Morgan fingerprint density at radius 3 is 2.83 bits per heavy atom. The Kier molecular flexibility index (Phi) is 6.21. The number of halogens is 1. The third kappa shape index (κ3) is 5.39. The molecule has 0 aliphatic carbocycles. The Morgan fingerprint density at radius 2 is 2.17 bits per heavy atom. The van der Waals surface area contributed by atoms with Crippen molar-refractivity contribution in [2.75, 3.05) is 0 Å². The van der Waals surface area contributed by atoms with Gasteiger partial charge in [0.2, 0.25) is 0 Å². The molecule has 3 N–H and O–H groups in total. The number of hydrogen-bond acceptors (Lipinski definition) is 2. The van der Waals surface area contributed by atoms with E-state index in [4.69, 9.17) is 5.11 Å². The van der Waals surface area contributed by atoms with E-state index in [0.717, 1.165) is 35.0 Å². The topological polar surface area (TPSA) is 78.0 Å². The van der Waals surface area contributed by atoms with E-state index in [2.05, 4.69) is 45.1 Å². The number of amides is 1. The van der Waals surface area contributed by atoms with E-state index in [1.54, 1.807) is 6.20 Å². The molecule has 1 heterocycles. The third-order valence-electron chi connectivity index (χ3n) is 3.63. The van der Waals surface area contributed by atoms with Gasteiger partial charge >= 0.3 is 6.09 Å². The van der Waals surface area contributed by atoms with E-state index in [1.807, 2.05) is 24.3 Å². The molecule has 0 fully saturated rings. The molecular weight excluding hydrogens is 358 g/mol. The molecule has 1 aromatic carbocycles. The number of aromatic amines is 1. The number of nitrogens with zero attached hydrogens (tertiary/aromatic N) is 1. The molecule has 0 aliphatic rings. The van der Waals surface area contributed by atoms with Gasteiger partial charge in [-0.1, -0.05) is 54.8 Å². The molecule has 0 spiro atoms. The zero-order valence-electron chi connectivity index (χ0n) is 13.3. The second-order valence-corrected chi connectivity index (χ2v) is 6.93. The zero-order chi connectivity index (χ0) is 16.8. The van der Waals surface area contributed by atoms with Gasteiger partial charge < -0.3 is 15.4 Å². The first kappa shape index (κ1) is 17.5. The lowest BCUT2D eigenvalue weighted by Crippen LogP contribution is -2.27. The van der Waals surface area contributed by atoms with E-state index in [0.29, 0.717) is 11.7 Å². The summed E-state index contributed by atoms with van der Waals surface area (Å²) in [4.78, 5) is 18.7. The molecule has 23 heavy (non-hydrogen) atoms. The number of carbonyl (C=O) groups is 1. The lowest BCUT2D eigenvalue weighted by Gasteiger charge is -2.15. The first-order chi connectivity index (χ1) is 11.0. The van der Waals surface area contributed by atoms with Crippen LogP contribution in [-0.4, -0.2) is 21.2 Å². The molecule has 2 aromatic rings. The van der Waals surface area contributed by atoms with Gasteiger partial charge in [0.05, 0.1) is 17.9 Å². The predicted molar refractivity (Wildman–Crippen MR) is 94.3 cm³/mol. The van der Waals surface area contributed by atoms with Crippen LogP contribution in [0.5, 0.6) is 0 Å². The lowest BCUT2D eigenvalue weighted by atomic mass is 10.0. The SMILES string of the molecule is CC(C)CCCC(NC(=O)O)c1ncc(-c2cccc(Br)c2)[nH]1. The van der Waals surface area contributed by atoms with Gasteiger partial charge in [0.15, 0.2) is 0 Å². The van der Waals surface area contributed by atoms with Crippen molar-refractivity contribution >= 4 is 22.0 Å². The Balaban J connectivity index is 2.14. The summed E-state index contributed by atoms with van der Waals surface area (Å²) < 4.78 is 0.989. The number of imidazole rings is 1. The highest BCUT2D eigenvalue weighted by Gasteiger charge is 2.18. The zero-order valence-corrected chi connectivity index (χ0v) is 14.9. The summed E-state index contributed by atoms with van der Waals surface area (Å²) in [5.41, 5.74) is 1.89. The summed E-state index contributed by atoms with van der Waals surface area (Å²) in [5, 5.41) is 11.6. The average Bonchev–Trinajstić information content (AvgIpc) is 2.95. The molecule has 2 rings (SSSR count). The first-order valence-corrected chi connectivity index (χ1v) is 8.55. The quantitative estimate of drug-likeness (QED) is 0.634. The van der Waals surface area contributed by atoms with Crippen molar-refractivity contribution in [3.8, 4) is 11.3 Å². The van der Waals surface area contributed by atoms with Crippen molar-refractivity contribution in [1.29, 1.82) is 0 Å². The molecular formula is C17H22BrN3O2. The van der Waals surface area contributed by atoms with Crippen LogP contribution in [0.1, 0.15) is 45.0 Å². The highest BCUT2D eigenvalue weighted by atomic mass is 79.9. The molecule has 0 radical (unpaired) electrons. The number of hydrogen-bond donors (Lipinski definition) is 3. The molecule has 0 bridgehead atoms. The molecule has 1 atom stereocenters. The van der Waals surface area contributed by atoms with E-state index in [1.165, 1.54) is 0 Å².